The van der Waals surface area contributed by atoms with E-state index in [9.17, 15) is 9.59 Å². The van der Waals surface area contributed by atoms with Crippen molar-refractivity contribution in [2.24, 2.45) is 10.2 Å². The molecule has 1 amide bonds. The van der Waals surface area contributed by atoms with Gasteiger partial charge in [0.15, 0.2) is 0 Å². The van der Waals surface area contributed by atoms with Crippen molar-refractivity contribution in [3.8, 4) is 0 Å². The van der Waals surface area contributed by atoms with Crippen LogP contribution in [-0.2, 0) is 9.53 Å². The molecule has 6 heteroatoms. The summed E-state index contributed by atoms with van der Waals surface area (Å²) in [4.78, 5) is 23.4. The van der Waals surface area contributed by atoms with Crippen LogP contribution in [0.1, 0.15) is 22.0 Å². The fourth-order valence-corrected chi connectivity index (χ4v) is 2.38. The largest absolute Gasteiger partial charge is 0.465 e. The number of amides is 1. The Bertz CT molecular complexity index is 704. The van der Waals surface area contributed by atoms with Crippen LogP contribution in [0.4, 0.5) is 0 Å². The van der Waals surface area contributed by atoms with Crippen LogP contribution >= 0.6 is 0 Å². The Labute approximate surface area is 121 Å². The first-order chi connectivity index (χ1) is 10.2. The highest BCUT2D eigenvalue weighted by Crippen LogP contribution is 2.34. The van der Waals surface area contributed by atoms with Crippen LogP contribution in [0.15, 0.2) is 57.9 Å². The number of carbonyl (C=O) groups is 2. The van der Waals surface area contributed by atoms with E-state index < -0.39 is 12.0 Å². The van der Waals surface area contributed by atoms with E-state index in [0.29, 0.717) is 17.8 Å². The Morgan fingerprint density at radius 2 is 2.29 bits per heavy atom. The molecule has 2 aliphatic heterocycles. The van der Waals surface area contributed by atoms with Gasteiger partial charge in [0.2, 0.25) is 0 Å². The Balaban J connectivity index is 2.02. The van der Waals surface area contributed by atoms with Gasteiger partial charge in [-0.2, -0.15) is 5.11 Å². The van der Waals surface area contributed by atoms with Gasteiger partial charge >= 0.3 is 11.9 Å². The number of hydrogen-bond donors (Lipinski definition) is 1. The van der Waals surface area contributed by atoms with Crippen LogP contribution < -0.4 is 5.32 Å². The third-order valence-corrected chi connectivity index (χ3v) is 3.38. The first-order valence-electron chi connectivity index (χ1n) is 6.48. The van der Waals surface area contributed by atoms with E-state index in [-0.39, 0.29) is 5.91 Å². The molecule has 1 aromatic rings. The molecule has 6 nitrogen and oxygen atoms in total. The second-order valence-electron chi connectivity index (χ2n) is 4.65. The molecule has 2 aliphatic rings. The molecule has 1 N–H and O–H groups in total. The van der Waals surface area contributed by atoms with Crippen molar-refractivity contribution in [2.45, 2.75) is 6.04 Å². The van der Waals surface area contributed by atoms with Gasteiger partial charge in [0, 0.05) is 12.1 Å². The van der Waals surface area contributed by atoms with Crippen molar-refractivity contribution in [1.82, 2.24) is 5.32 Å². The SMILES string of the molecule is COC(=O)c1cccc(C2N=NC(=O)C3=C2C=CCN3)c1. The van der Waals surface area contributed by atoms with Gasteiger partial charge in [-0.1, -0.05) is 24.3 Å². The van der Waals surface area contributed by atoms with Crippen LogP contribution in [0.2, 0.25) is 0 Å². The number of carbonyl (C=O) groups excluding carboxylic acids is 2. The molecule has 0 saturated heterocycles. The van der Waals surface area contributed by atoms with Gasteiger partial charge in [-0.05, 0) is 17.7 Å². The van der Waals surface area contributed by atoms with Gasteiger partial charge in [-0.3, -0.25) is 4.79 Å². The lowest BCUT2D eigenvalue weighted by molar-refractivity contribution is -0.115. The first-order valence-corrected chi connectivity index (χ1v) is 6.48. The number of ether oxygens (including phenoxy) is 1. The molecule has 21 heavy (non-hydrogen) atoms. The van der Waals surface area contributed by atoms with Crippen LogP contribution in [-0.4, -0.2) is 25.5 Å². The quantitative estimate of drug-likeness (QED) is 0.841. The predicted octanol–water partition coefficient (Wildman–Crippen LogP) is 1.92. The number of esters is 1. The monoisotopic (exact) mass is 283 g/mol. The lowest BCUT2D eigenvalue weighted by atomic mass is 9.93. The average Bonchev–Trinajstić information content (AvgIpc) is 2.55. The lowest BCUT2D eigenvalue weighted by Gasteiger charge is -2.23. The number of hydrogen-bond acceptors (Lipinski definition) is 5. The molecular weight excluding hydrogens is 270 g/mol. The summed E-state index contributed by atoms with van der Waals surface area (Å²) in [6.07, 6.45) is 3.79. The lowest BCUT2D eigenvalue weighted by Crippen LogP contribution is -2.27. The standard InChI is InChI=1S/C15H13N3O3/c1-21-15(20)10-5-2-4-9(8-10)12-11-6-3-7-16-13(11)14(19)18-17-12/h2-6,8,12,16H,7H2,1H3. The molecule has 1 atom stereocenters. The summed E-state index contributed by atoms with van der Waals surface area (Å²) in [5.74, 6) is -0.776. The first kappa shape index (κ1) is 13.2. The molecule has 0 saturated carbocycles. The predicted molar refractivity (Wildman–Crippen MR) is 74.6 cm³/mol. The molecule has 0 bridgehead atoms. The molecule has 0 radical (unpaired) electrons. The van der Waals surface area contributed by atoms with Crippen molar-refractivity contribution in [1.29, 1.82) is 0 Å². The van der Waals surface area contributed by atoms with Gasteiger partial charge in [0.25, 0.3) is 0 Å². The number of nitrogens with zero attached hydrogens (tertiary/aromatic N) is 2. The van der Waals surface area contributed by atoms with Gasteiger partial charge in [-0.15, -0.1) is 5.11 Å². The maximum atomic E-state index is 11.7. The Hall–Kier alpha value is -2.76. The third kappa shape index (κ3) is 2.35. The van der Waals surface area contributed by atoms with E-state index in [2.05, 4.69) is 15.5 Å². The van der Waals surface area contributed by atoms with E-state index >= 15 is 0 Å². The highest BCUT2D eigenvalue weighted by molar-refractivity contribution is 5.96. The van der Waals surface area contributed by atoms with E-state index in [1.54, 1.807) is 18.2 Å². The van der Waals surface area contributed by atoms with Gasteiger partial charge in [0.1, 0.15) is 11.7 Å². The Morgan fingerprint density at radius 1 is 1.43 bits per heavy atom. The number of benzene rings is 1. The smallest absolute Gasteiger partial charge is 0.337 e. The van der Waals surface area contributed by atoms with Gasteiger partial charge in [0.05, 0.1) is 12.7 Å². The third-order valence-electron chi connectivity index (χ3n) is 3.38. The van der Waals surface area contributed by atoms with E-state index in [1.807, 2.05) is 18.2 Å². The molecule has 106 valence electrons. The van der Waals surface area contributed by atoms with E-state index in [1.165, 1.54) is 7.11 Å². The van der Waals surface area contributed by atoms with Crippen LogP contribution in [0, 0.1) is 0 Å². The highest BCUT2D eigenvalue weighted by atomic mass is 16.5. The molecule has 0 fully saturated rings. The summed E-state index contributed by atoms with van der Waals surface area (Å²) < 4.78 is 4.72. The van der Waals surface area contributed by atoms with Crippen LogP contribution in [0.3, 0.4) is 0 Å². The van der Waals surface area contributed by atoms with E-state index in [0.717, 1.165) is 11.1 Å². The summed E-state index contributed by atoms with van der Waals surface area (Å²) in [5, 5.41) is 10.8. The van der Waals surface area contributed by atoms with Crippen molar-refractivity contribution >= 4 is 11.9 Å². The minimum absolute atomic E-state index is 0.366. The van der Waals surface area contributed by atoms with Gasteiger partial charge in [-0.25, -0.2) is 4.79 Å². The minimum atomic E-state index is -0.410. The molecule has 1 unspecified atom stereocenters. The summed E-state index contributed by atoms with van der Waals surface area (Å²) in [6, 6.07) is 6.59. The number of nitrogens with one attached hydrogen (secondary N) is 1. The summed E-state index contributed by atoms with van der Waals surface area (Å²) in [7, 11) is 1.34. The zero-order chi connectivity index (χ0) is 14.8. The molecule has 0 spiro atoms. The van der Waals surface area contributed by atoms with Crippen LogP contribution in [0.25, 0.3) is 0 Å². The maximum Gasteiger partial charge on any atom is 0.337 e. The Kier molecular flexibility index (Phi) is 3.35. The number of methoxy groups -OCH3 is 1. The zero-order valence-electron chi connectivity index (χ0n) is 11.4. The highest BCUT2D eigenvalue weighted by Gasteiger charge is 2.28. The molecule has 1 aromatic carbocycles. The van der Waals surface area contributed by atoms with E-state index in [4.69, 9.17) is 4.74 Å². The topological polar surface area (TPSA) is 80.1 Å². The average molecular weight is 283 g/mol. The fraction of sp³-hybridized carbons (Fsp3) is 0.200. The number of rotatable bonds is 2. The fourth-order valence-electron chi connectivity index (χ4n) is 2.38. The minimum Gasteiger partial charge on any atom is -0.465 e. The molecule has 2 heterocycles. The normalized spacial score (nSPS) is 20.0. The zero-order valence-corrected chi connectivity index (χ0v) is 11.4. The van der Waals surface area contributed by atoms with Crippen molar-refractivity contribution < 1.29 is 14.3 Å². The molecule has 3 rings (SSSR count). The van der Waals surface area contributed by atoms with Crippen LogP contribution in [0.5, 0.6) is 0 Å². The number of dihydropyridines is 1. The van der Waals surface area contributed by atoms with Gasteiger partial charge < -0.3 is 10.1 Å². The Morgan fingerprint density at radius 3 is 3.10 bits per heavy atom. The van der Waals surface area contributed by atoms with Crippen molar-refractivity contribution in [2.75, 3.05) is 13.7 Å². The molecule has 0 aliphatic carbocycles. The summed E-state index contributed by atoms with van der Waals surface area (Å²) in [5.41, 5.74) is 2.47. The van der Waals surface area contributed by atoms with Crippen molar-refractivity contribution in [3.63, 3.8) is 0 Å². The summed E-state index contributed by atoms with van der Waals surface area (Å²) >= 11 is 0. The second-order valence-corrected chi connectivity index (χ2v) is 4.65. The molecule has 0 aromatic heterocycles. The number of azo groups is 1. The van der Waals surface area contributed by atoms with Crippen molar-refractivity contribution in [3.05, 3.63) is 58.8 Å². The maximum absolute atomic E-state index is 11.7. The summed E-state index contributed by atoms with van der Waals surface area (Å²) in [6.45, 7) is 0.592. The second kappa shape index (κ2) is 5.32. The molecular formula is C15H13N3O3.